The van der Waals surface area contributed by atoms with Crippen molar-refractivity contribution in [2.45, 2.75) is 0 Å². The van der Waals surface area contributed by atoms with Crippen LogP contribution in [0.25, 0.3) is 0 Å². The Kier molecular flexibility index (Phi) is 5.54. The summed E-state index contributed by atoms with van der Waals surface area (Å²) < 4.78 is 5.20. The first kappa shape index (κ1) is 15.6. The van der Waals surface area contributed by atoms with Gasteiger partial charge in [-0.25, -0.2) is 0 Å². The maximum Gasteiger partial charge on any atom is 0.267 e. The molecule has 0 aromatic heterocycles. The molecule has 2 aromatic carbocycles. The van der Waals surface area contributed by atoms with Gasteiger partial charge in [-0.3, -0.25) is 4.79 Å². The first-order valence-electron chi connectivity index (χ1n) is 6.82. The van der Waals surface area contributed by atoms with E-state index in [1.165, 1.54) is 11.1 Å². The lowest BCUT2D eigenvalue weighted by Gasteiger charge is -2.16. The van der Waals surface area contributed by atoms with Crippen LogP contribution in [0.1, 0.15) is 5.56 Å². The summed E-state index contributed by atoms with van der Waals surface area (Å²) in [5.41, 5.74) is 1.60. The van der Waals surface area contributed by atoms with Crippen molar-refractivity contribution < 1.29 is 14.4 Å². The lowest BCUT2D eigenvalue weighted by Crippen LogP contribution is -2.29. The number of benzene rings is 2. The van der Waals surface area contributed by atoms with Crippen molar-refractivity contribution in [2.75, 3.05) is 25.7 Å². The fourth-order valence-electron chi connectivity index (χ4n) is 1.85. The molecule has 114 valence electrons. The summed E-state index contributed by atoms with van der Waals surface area (Å²) in [6.07, 6.45) is 1.52. The molecule has 0 aliphatic rings. The van der Waals surface area contributed by atoms with Crippen LogP contribution >= 0.6 is 0 Å². The number of amides is 1. The zero-order valence-corrected chi connectivity index (χ0v) is 12.6. The molecule has 0 fully saturated rings. The second-order valence-corrected chi connectivity index (χ2v) is 4.54. The number of anilines is 1. The lowest BCUT2D eigenvalue weighted by molar-refractivity contribution is -0.122. The van der Waals surface area contributed by atoms with E-state index in [9.17, 15) is 4.79 Å². The fraction of sp³-hybridized carbons (Fsp3) is 0.176. The molecule has 2 aromatic rings. The summed E-state index contributed by atoms with van der Waals surface area (Å²) in [6.45, 7) is -0.128. The van der Waals surface area contributed by atoms with Crippen LogP contribution in [0.15, 0.2) is 59.8 Å². The molecule has 5 nitrogen and oxygen atoms in total. The van der Waals surface area contributed by atoms with E-state index in [-0.39, 0.29) is 12.5 Å². The number of likely N-dealkylation sites (N-methyl/N-ethyl adjacent to an activating group) is 1. The number of hydrogen-bond donors (Lipinski definition) is 0. The standard InChI is InChI=1S/C17H18N2O3/c1-19(15-9-4-3-5-10-15)17(20)13-22-18-12-14-8-6-7-11-16(14)21-2/h3-12H,13H2,1-2H3/b18-12+. The van der Waals surface area contributed by atoms with Gasteiger partial charge in [0.2, 0.25) is 0 Å². The number of oxime groups is 1. The number of rotatable bonds is 6. The average molecular weight is 298 g/mol. The third-order valence-corrected chi connectivity index (χ3v) is 3.11. The Bertz CT molecular complexity index is 641. The zero-order valence-electron chi connectivity index (χ0n) is 12.6. The topological polar surface area (TPSA) is 51.1 Å². The third-order valence-electron chi connectivity index (χ3n) is 3.11. The second-order valence-electron chi connectivity index (χ2n) is 4.54. The van der Waals surface area contributed by atoms with Gasteiger partial charge in [0, 0.05) is 18.3 Å². The van der Waals surface area contributed by atoms with Gasteiger partial charge in [-0.1, -0.05) is 35.5 Å². The molecule has 0 spiro atoms. The highest BCUT2D eigenvalue weighted by molar-refractivity contribution is 5.93. The molecule has 0 saturated heterocycles. The Balaban J connectivity index is 1.88. The number of para-hydroxylation sites is 2. The maximum absolute atomic E-state index is 12.0. The smallest absolute Gasteiger partial charge is 0.267 e. The van der Waals surface area contributed by atoms with Gasteiger partial charge in [0.1, 0.15) is 5.75 Å². The highest BCUT2D eigenvalue weighted by atomic mass is 16.6. The van der Waals surface area contributed by atoms with Crippen molar-refractivity contribution in [3.05, 3.63) is 60.2 Å². The van der Waals surface area contributed by atoms with Gasteiger partial charge in [-0.2, -0.15) is 0 Å². The predicted octanol–water partition coefficient (Wildman–Crippen LogP) is 2.71. The summed E-state index contributed by atoms with van der Waals surface area (Å²) >= 11 is 0. The van der Waals surface area contributed by atoms with Crippen LogP contribution in [0.2, 0.25) is 0 Å². The highest BCUT2D eigenvalue weighted by Crippen LogP contribution is 2.15. The van der Waals surface area contributed by atoms with Gasteiger partial charge in [-0.05, 0) is 24.3 Å². The minimum absolute atomic E-state index is 0.128. The third kappa shape index (κ3) is 4.09. The van der Waals surface area contributed by atoms with Gasteiger partial charge in [-0.15, -0.1) is 0 Å². The quantitative estimate of drug-likeness (QED) is 0.608. The summed E-state index contributed by atoms with van der Waals surface area (Å²) in [5, 5.41) is 3.81. The van der Waals surface area contributed by atoms with Crippen molar-refractivity contribution in [1.82, 2.24) is 0 Å². The van der Waals surface area contributed by atoms with Gasteiger partial charge < -0.3 is 14.5 Å². The molecule has 0 saturated carbocycles. The van der Waals surface area contributed by atoms with Crippen LogP contribution in [0.5, 0.6) is 5.75 Å². The van der Waals surface area contributed by atoms with E-state index < -0.39 is 0 Å². The van der Waals surface area contributed by atoms with E-state index in [2.05, 4.69) is 5.16 Å². The molecule has 22 heavy (non-hydrogen) atoms. The van der Waals surface area contributed by atoms with E-state index in [0.717, 1.165) is 11.3 Å². The minimum Gasteiger partial charge on any atom is -0.496 e. The molecule has 0 bridgehead atoms. The Hall–Kier alpha value is -2.82. The summed E-state index contributed by atoms with van der Waals surface area (Å²) in [6, 6.07) is 16.8. The minimum atomic E-state index is -0.177. The molecule has 0 atom stereocenters. The number of carbonyl (C=O) groups excluding carboxylic acids is 1. The predicted molar refractivity (Wildman–Crippen MR) is 86.4 cm³/mol. The Morgan fingerprint density at radius 2 is 1.82 bits per heavy atom. The van der Waals surface area contributed by atoms with Crippen LogP contribution in [0.4, 0.5) is 5.69 Å². The SMILES string of the molecule is COc1ccccc1/C=N/OCC(=O)N(C)c1ccccc1. The lowest BCUT2D eigenvalue weighted by atomic mass is 10.2. The van der Waals surface area contributed by atoms with Crippen molar-refractivity contribution in [3.8, 4) is 5.75 Å². The van der Waals surface area contributed by atoms with Gasteiger partial charge >= 0.3 is 0 Å². The number of methoxy groups -OCH3 is 1. The van der Waals surface area contributed by atoms with E-state index >= 15 is 0 Å². The number of hydrogen-bond acceptors (Lipinski definition) is 4. The van der Waals surface area contributed by atoms with Crippen LogP contribution in [-0.4, -0.2) is 32.9 Å². The largest absolute Gasteiger partial charge is 0.496 e. The van der Waals surface area contributed by atoms with Crippen molar-refractivity contribution in [3.63, 3.8) is 0 Å². The van der Waals surface area contributed by atoms with Crippen molar-refractivity contribution in [1.29, 1.82) is 0 Å². The molecule has 0 unspecified atom stereocenters. The first-order valence-corrected chi connectivity index (χ1v) is 6.82. The highest BCUT2D eigenvalue weighted by Gasteiger charge is 2.10. The number of ether oxygens (including phenoxy) is 1. The van der Waals surface area contributed by atoms with Crippen LogP contribution in [0.3, 0.4) is 0 Å². The average Bonchev–Trinajstić information content (AvgIpc) is 2.59. The maximum atomic E-state index is 12.0. The van der Waals surface area contributed by atoms with Gasteiger partial charge in [0.05, 0.1) is 13.3 Å². The molecule has 0 N–H and O–H groups in total. The van der Waals surface area contributed by atoms with Crippen LogP contribution in [0, 0.1) is 0 Å². The first-order chi connectivity index (χ1) is 10.7. The van der Waals surface area contributed by atoms with Crippen LogP contribution in [-0.2, 0) is 9.63 Å². The monoisotopic (exact) mass is 298 g/mol. The number of carbonyl (C=O) groups is 1. The van der Waals surface area contributed by atoms with Crippen LogP contribution < -0.4 is 9.64 Å². The van der Waals surface area contributed by atoms with Gasteiger partial charge in [0.25, 0.3) is 5.91 Å². The molecule has 1 amide bonds. The van der Waals surface area contributed by atoms with E-state index in [1.807, 2.05) is 54.6 Å². The van der Waals surface area contributed by atoms with Gasteiger partial charge in [0.15, 0.2) is 6.61 Å². The molecule has 0 radical (unpaired) electrons. The Labute approximate surface area is 129 Å². The normalized spacial score (nSPS) is 10.5. The van der Waals surface area contributed by atoms with E-state index in [1.54, 1.807) is 14.2 Å². The zero-order chi connectivity index (χ0) is 15.8. The fourth-order valence-corrected chi connectivity index (χ4v) is 1.85. The summed E-state index contributed by atoms with van der Waals surface area (Å²) in [7, 11) is 3.29. The molecule has 0 aliphatic heterocycles. The molecular formula is C17H18N2O3. The molecule has 0 aliphatic carbocycles. The summed E-state index contributed by atoms with van der Waals surface area (Å²) in [4.78, 5) is 18.6. The molecule has 5 heteroatoms. The van der Waals surface area contributed by atoms with Crippen molar-refractivity contribution in [2.24, 2.45) is 5.16 Å². The molecule has 2 rings (SSSR count). The summed E-state index contributed by atoms with van der Waals surface area (Å²) in [5.74, 6) is 0.519. The molecule has 0 heterocycles. The number of nitrogens with zero attached hydrogens (tertiary/aromatic N) is 2. The molecular weight excluding hydrogens is 280 g/mol. The second kappa shape index (κ2) is 7.83. The van der Waals surface area contributed by atoms with E-state index in [0.29, 0.717) is 5.75 Å². The van der Waals surface area contributed by atoms with Crippen molar-refractivity contribution >= 4 is 17.8 Å². The van der Waals surface area contributed by atoms with E-state index in [4.69, 9.17) is 9.57 Å². The Morgan fingerprint density at radius 3 is 2.55 bits per heavy atom. The Morgan fingerprint density at radius 1 is 1.14 bits per heavy atom.